The Morgan fingerprint density at radius 1 is 1.12 bits per heavy atom. The number of hydrogen-bond donors (Lipinski definition) is 1. The smallest absolute Gasteiger partial charge is 0.305 e. The van der Waals surface area contributed by atoms with Crippen LogP contribution in [0.25, 0.3) is 0 Å². The van der Waals surface area contributed by atoms with Crippen LogP contribution in [0.5, 0.6) is 0 Å². The number of amides is 1. The summed E-state index contributed by atoms with van der Waals surface area (Å²) < 4.78 is 4.74. The molecule has 0 spiro atoms. The number of methoxy groups -OCH3 is 1. The molecule has 182 valence electrons. The normalized spacial score (nSPS) is 19.9. The number of ether oxygens (including phenoxy) is 1. The Morgan fingerprint density at radius 3 is 2.59 bits per heavy atom. The van der Waals surface area contributed by atoms with Gasteiger partial charge in [-0.25, -0.2) is 0 Å². The number of benzene rings is 2. The highest BCUT2D eigenvalue weighted by molar-refractivity contribution is 8.01. The summed E-state index contributed by atoms with van der Waals surface area (Å²) in [6, 6.07) is 16.1. The van der Waals surface area contributed by atoms with Crippen LogP contribution in [0.4, 0.5) is 5.69 Å². The Hall–Kier alpha value is -2.31. The van der Waals surface area contributed by atoms with Crippen molar-refractivity contribution in [2.24, 2.45) is 5.92 Å². The highest BCUT2D eigenvalue weighted by Crippen LogP contribution is 2.35. The third kappa shape index (κ3) is 6.42. The second-order valence-corrected chi connectivity index (χ2v) is 10.6. The molecule has 1 amide bonds. The lowest BCUT2D eigenvalue weighted by molar-refractivity contribution is -0.140. The molecule has 0 radical (unpaired) electrons. The Labute approximate surface area is 206 Å². The zero-order chi connectivity index (χ0) is 23.9. The van der Waals surface area contributed by atoms with Crippen molar-refractivity contribution in [2.45, 2.75) is 69.3 Å². The van der Waals surface area contributed by atoms with Crippen molar-refractivity contribution in [1.82, 2.24) is 0 Å². The van der Waals surface area contributed by atoms with E-state index < -0.39 is 6.10 Å². The van der Waals surface area contributed by atoms with Crippen molar-refractivity contribution in [3.05, 3.63) is 65.2 Å². The lowest BCUT2D eigenvalue weighted by Crippen LogP contribution is -2.34. The average Bonchev–Trinajstić information content (AvgIpc) is 3.23. The van der Waals surface area contributed by atoms with Gasteiger partial charge in [-0.1, -0.05) is 68.5 Å². The summed E-state index contributed by atoms with van der Waals surface area (Å²) in [4.78, 5) is 26.1. The quantitative estimate of drug-likeness (QED) is 0.483. The van der Waals surface area contributed by atoms with E-state index in [4.69, 9.17) is 4.74 Å². The minimum atomic E-state index is -0.440. The number of aryl methyl sites for hydroxylation is 1. The van der Waals surface area contributed by atoms with Gasteiger partial charge < -0.3 is 9.84 Å². The first-order valence-corrected chi connectivity index (χ1v) is 13.4. The van der Waals surface area contributed by atoms with Crippen LogP contribution >= 0.6 is 11.8 Å². The highest BCUT2D eigenvalue weighted by Gasteiger charge is 2.33. The Balaban J connectivity index is 1.40. The lowest BCUT2D eigenvalue weighted by Gasteiger charge is -2.26. The first-order chi connectivity index (χ1) is 16.5. The van der Waals surface area contributed by atoms with Crippen LogP contribution in [-0.4, -0.2) is 35.2 Å². The van der Waals surface area contributed by atoms with Gasteiger partial charge in [-0.15, -0.1) is 11.8 Å². The number of nitrogens with zero attached hydrogens (tertiary/aromatic N) is 1. The molecule has 2 fully saturated rings. The van der Waals surface area contributed by atoms with Crippen molar-refractivity contribution >= 4 is 29.3 Å². The maximum Gasteiger partial charge on any atom is 0.305 e. The van der Waals surface area contributed by atoms with E-state index in [2.05, 4.69) is 12.1 Å². The summed E-state index contributed by atoms with van der Waals surface area (Å²) >= 11 is 1.66. The summed E-state index contributed by atoms with van der Waals surface area (Å²) in [6.45, 7) is 0. The number of rotatable bonds is 9. The number of hydrogen-bond acceptors (Lipinski definition) is 5. The summed E-state index contributed by atoms with van der Waals surface area (Å²) in [5.74, 6) is 1.000. The Morgan fingerprint density at radius 2 is 1.85 bits per heavy atom. The minimum Gasteiger partial charge on any atom is -0.469 e. The maximum absolute atomic E-state index is 12.7. The maximum atomic E-state index is 12.7. The van der Waals surface area contributed by atoms with Gasteiger partial charge in [0, 0.05) is 18.5 Å². The van der Waals surface area contributed by atoms with Crippen molar-refractivity contribution in [1.29, 1.82) is 0 Å². The monoisotopic (exact) mass is 481 g/mol. The zero-order valence-corrected chi connectivity index (χ0v) is 20.8. The van der Waals surface area contributed by atoms with E-state index in [9.17, 15) is 14.7 Å². The molecule has 5 nitrogen and oxygen atoms in total. The van der Waals surface area contributed by atoms with Crippen LogP contribution in [0, 0.1) is 5.92 Å². The molecule has 0 aromatic heterocycles. The number of aliphatic hydroxyl groups is 1. The van der Waals surface area contributed by atoms with Crippen LogP contribution in [0.2, 0.25) is 0 Å². The molecule has 0 bridgehead atoms. The molecule has 2 atom stereocenters. The number of carbonyl (C=O) groups is 2. The summed E-state index contributed by atoms with van der Waals surface area (Å²) in [6.07, 6.45) is 8.46. The minimum absolute atomic E-state index is 0.0290. The average molecular weight is 482 g/mol. The van der Waals surface area contributed by atoms with Gasteiger partial charge in [0.05, 0.1) is 24.3 Å². The van der Waals surface area contributed by atoms with Crippen molar-refractivity contribution < 1.29 is 19.4 Å². The standard InChI is InChI=1S/C28H35NO4S/c1-33-28(32)15-10-21-8-5-9-22(16-21)18-27-29(26(31)19-34-27)24-13-11-23(12-14-24)25(30)17-20-6-3-2-4-7-20/h5,8-9,11-14,16,20,25,27,30H,2-4,6-7,10,15,17-19H2,1H3. The summed E-state index contributed by atoms with van der Waals surface area (Å²) in [5, 5.41) is 10.8. The molecule has 2 aliphatic rings. The number of aliphatic hydroxyl groups excluding tert-OH is 1. The molecule has 2 unspecified atom stereocenters. The topological polar surface area (TPSA) is 66.8 Å². The number of carbonyl (C=O) groups excluding carboxylic acids is 2. The molecular weight excluding hydrogens is 446 g/mol. The number of anilines is 1. The van der Waals surface area contributed by atoms with Crippen molar-refractivity contribution in [2.75, 3.05) is 17.8 Å². The van der Waals surface area contributed by atoms with E-state index in [-0.39, 0.29) is 17.3 Å². The fourth-order valence-corrected chi connectivity index (χ4v) is 6.30. The van der Waals surface area contributed by atoms with Crippen LogP contribution in [0.15, 0.2) is 48.5 Å². The second kappa shape index (κ2) is 11.9. The lowest BCUT2D eigenvalue weighted by atomic mass is 9.84. The van der Waals surface area contributed by atoms with E-state index in [1.54, 1.807) is 11.8 Å². The van der Waals surface area contributed by atoms with Gasteiger partial charge in [0.25, 0.3) is 0 Å². The van der Waals surface area contributed by atoms with E-state index >= 15 is 0 Å². The molecule has 1 saturated heterocycles. The number of thioether (sulfide) groups is 1. The Bertz CT molecular complexity index is 971. The van der Waals surface area contributed by atoms with Gasteiger partial charge in [0.1, 0.15) is 0 Å². The van der Waals surface area contributed by atoms with Crippen LogP contribution in [0.1, 0.15) is 67.7 Å². The number of esters is 1. The molecular formula is C28H35NO4S. The van der Waals surface area contributed by atoms with Gasteiger partial charge in [-0.05, 0) is 47.6 Å². The zero-order valence-electron chi connectivity index (χ0n) is 19.9. The van der Waals surface area contributed by atoms with E-state index in [1.807, 2.05) is 41.3 Å². The van der Waals surface area contributed by atoms with E-state index in [1.165, 1.54) is 39.2 Å². The molecule has 2 aromatic carbocycles. The van der Waals surface area contributed by atoms with Gasteiger partial charge in [0.2, 0.25) is 5.91 Å². The first kappa shape index (κ1) is 24.8. The molecule has 1 N–H and O–H groups in total. The predicted molar refractivity (Wildman–Crippen MR) is 137 cm³/mol. The van der Waals surface area contributed by atoms with E-state index in [0.717, 1.165) is 35.2 Å². The van der Waals surface area contributed by atoms with Crippen molar-refractivity contribution in [3.63, 3.8) is 0 Å². The van der Waals surface area contributed by atoms with Crippen LogP contribution < -0.4 is 4.90 Å². The van der Waals surface area contributed by atoms with Crippen molar-refractivity contribution in [3.8, 4) is 0 Å². The third-order valence-corrected chi connectivity index (χ3v) is 8.22. The molecule has 1 saturated carbocycles. The third-order valence-electron chi connectivity index (χ3n) is 7.04. The predicted octanol–water partition coefficient (Wildman–Crippen LogP) is 5.44. The highest BCUT2D eigenvalue weighted by atomic mass is 32.2. The van der Waals surface area contributed by atoms with Gasteiger partial charge in [-0.3, -0.25) is 14.5 Å². The van der Waals surface area contributed by atoms with Crippen LogP contribution in [0.3, 0.4) is 0 Å². The van der Waals surface area contributed by atoms with Gasteiger partial charge >= 0.3 is 5.97 Å². The summed E-state index contributed by atoms with van der Waals surface area (Å²) in [7, 11) is 1.41. The molecule has 2 aromatic rings. The second-order valence-electron chi connectivity index (χ2n) is 9.48. The molecule has 6 heteroatoms. The molecule has 1 heterocycles. The fourth-order valence-electron chi connectivity index (χ4n) is 5.13. The first-order valence-electron chi connectivity index (χ1n) is 12.4. The van der Waals surface area contributed by atoms with Gasteiger partial charge in [0.15, 0.2) is 0 Å². The SMILES string of the molecule is COC(=O)CCc1cccc(CC2SCC(=O)N2c2ccc(C(O)CC3CCCCC3)cc2)c1. The molecule has 34 heavy (non-hydrogen) atoms. The molecule has 1 aliphatic heterocycles. The molecule has 1 aliphatic carbocycles. The van der Waals surface area contributed by atoms with Gasteiger partial charge in [-0.2, -0.15) is 0 Å². The Kier molecular flexibility index (Phi) is 8.68. The summed E-state index contributed by atoms with van der Waals surface area (Å²) in [5.41, 5.74) is 4.07. The molecule has 4 rings (SSSR count). The van der Waals surface area contributed by atoms with E-state index in [0.29, 0.717) is 24.5 Å². The largest absolute Gasteiger partial charge is 0.469 e. The fraction of sp³-hybridized carbons (Fsp3) is 0.500. The van der Waals surface area contributed by atoms with Crippen LogP contribution in [-0.2, 0) is 27.2 Å².